The van der Waals surface area contributed by atoms with Crippen LogP contribution in [0.1, 0.15) is 59.8 Å². The molecule has 0 heterocycles. The second-order valence-corrected chi connectivity index (χ2v) is 9.09. The summed E-state index contributed by atoms with van der Waals surface area (Å²) in [6.45, 7) is 4.01. The molecule has 136 valence electrons. The third-order valence-electron chi connectivity index (χ3n) is 7.81. The molecule has 5 rings (SSSR count). The normalized spacial score (nSPS) is 35.0. The minimum absolute atomic E-state index is 0.412. The molecule has 0 aromatic heterocycles. The summed E-state index contributed by atoms with van der Waals surface area (Å²) < 4.78 is 0. The lowest BCUT2D eigenvalue weighted by Gasteiger charge is -2.32. The molecule has 3 saturated carbocycles. The molecule has 3 fully saturated rings. The van der Waals surface area contributed by atoms with Crippen LogP contribution in [0.3, 0.4) is 0 Å². The molecule has 0 saturated heterocycles. The summed E-state index contributed by atoms with van der Waals surface area (Å²) >= 11 is 0. The molecule has 2 heteroatoms. The van der Waals surface area contributed by atoms with Gasteiger partial charge in [0.05, 0.1) is 0 Å². The van der Waals surface area contributed by atoms with E-state index in [-0.39, 0.29) is 0 Å². The SMILES string of the molecule is Cc1cc(C2CC3C4CC(c5ccc(O)c(C)c5)C(C4)C3C2)ccc1O. The van der Waals surface area contributed by atoms with E-state index in [1.165, 1.54) is 36.8 Å². The lowest BCUT2D eigenvalue weighted by Crippen LogP contribution is -2.23. The highest BCUT2D eigenvalue weighted by molar-refractivity contribution is 5.39. The number of hydrogen-bond acceptors (Lipinski definition) is 2. The van der Waals surface area contributed by atoms with Crippen molar-refractivity contribution in [2.24, 2.45) is 23.7 Å². The number of fused-ring (bicyclic) bond motifs is 5. The Morgan fingerprint density at radius 1 is 0.692 bits per heavy atom. The lowest BCUT2D eigenvalue weighted by atomic mass is 9.73. The first-order chi connectivity index (χ1) is 12.5. The maximum atomic E-state index is 9.85. The number of phenols is 2. The Bertz CT molecular complexity index is 855. The van der Waals surface area contributed by atoms with Gasteiger partial charge in [0.2, 0.25) is 0 Å². The lowest BCUT2D eigenvalue weighted by molar-refractivity contribution is 0.232. The van der Waals surface area contributed by atoms with Crippen molar-refractivity contribution >= 4 is 0 Å². The first-order valence-corrected chi connectivity index (χ1v) is 10.1. The van der Waals surface area contributed by atoms with Crippen LogP contribution in [-0.2, 0) is 0 Å². The molecule has 3 aliphatic carbocycles. The highest BCUT2D eigenvalue weighted by atomic mass is 16.3. The second kappa shape index (κ2) is 5.77. The molecule has 3 aliphatic rings. The van der Waals surface area contributed by atoms with Gasteiger partial charge < -0.3 is 10.2 Å². The van der Waals surface area contributed by atoms with Crippen molar-refractivity contribution < 1.29 is 10.2 Å². The fourth-order valence-corrected chi connectivity index (χ4v) is 6.57. The second-order valence-electron chi connectivity index (χ2n) is 9.09. The molecule has 2 N–H and O–H groups in total. The molecule has 2 aromatic carbocycles. The van der Waals surface area contributed by atoms with Gasteiger partial charge in [-0.2, -0.15) is 0 Å². The minimum atomic E-state index is 0.412. The fourth-order valence-electron chi connectivity index (χ4n) is 6.57. The third kappa shape index (κ3) is 2.38. The Hall–Kier alpha value is -1.96. The van der Waals surface area contributed by atoms with Gasteiger partial charge in [-0.05, 0) is 109 Å². The molecule has 2 bridgehead atoms. The summed E-state index contributed by atoms with van der Waals surface area (Å²) in [5.74, 6) is 5.62. The molecule has 2 nitrogen and oxygen atoms in total. The van der Waals surface area contributed by atoms with Gasteiger partial charge in [-0.15, -0.1) is 0 Å². The Morgan fingerprint density at radius 2 is 1.31 bits per heavy atom. The summed E-state index contributed by atoms with van der Waals surface area (Å²) in [6.07, 6.45) is 5.37. The molecular formula is C24H28O2. The monoisotopic (exact) mass is 348 g/mol. The van der Waals surface area contributed by atoms with Gasteiger partial charge in [0.1, 0.15) is 11.5 Å². The van der Waals surface area contributed by atoms with E-state index in [2.05, 4.69) is 24.3 Å². The predicted molar refractivity (Wildman–Crippen MR) is 104 cm³/mol. The number of aromatic hydroxyl groups is 2. The maximum Gasteiger partial charge on any atom is 0.118 e. The first-order valence-electron chi connectivity index (χ1n) is 10.1. The van der Waals surface area contributed by atoms with Crippen molar-refractivity contribution in [2.75, 3.05) is 0 Å². The zero-order chi connectivity index (χ0) is 18.0. The van der Waals surface area contributed by atoms with E-state index in [1.807, 2.05) is 26.0 Å². The van der Waals surface area contributed by atoms with E-state index in [4.69, 9.17) is 0 Å². The Balaban J connectivity index is 1.38. The van der Waals surface area contributed by atoms with Crippen molar-refractivity contribution in [2.45, 2.75) is 51.4 Å². The fraction of sp³-hybridized carbons (Fsp3) is 0.500. The maximum absolute atomic E-state index is 9.85. The van der Waals surface area contributed by atoms with E-state index in [9.17, 15) is 10.2 Å². The van der Waals surface area contributed by atoms with Crippen LogP contribution in [-0.4, -0.2) is 10.2 Å². The third-order valence-corrected chi connectivity index (χ3v) is 7.81. The van der Waals surface area contributed by atoms with E-state index in [0.717, 1.165) is 34.8 Å². The van der Waals surface area contributed by atoms with Crippen molar-refractivity contribution in [3.8, 4) is 11.5 Å². The molecule has 0 radical (unpaired) electrons. The topological polar surface area (TPSA) is 40.5 Å². The molecule has 0 aliphatic heterocycles. The molecule has 2 aromatic rings. The van der Waals surface area contributed by atoms with E-state index < -0.39 is 0 Å². The number of rotatable bonds is 2. The smallest absolute Gasteiger partial charge is 0.118 e. The molecular weight excluding hydrogens is 320 g/mol. The van der Waals surface area contributed by atoms with Crippen LogP contribution in [0.2, 0.25) is 0 Å². The Labute approximate surface area is 155 Å². The number of hydrogen-bond donors (Lipinski definition) is 2. The zero-order valence-electron chi connectivity index (χ0n) is 15.7. The molecule has 6 atom stereocenters. The van der Waals surface area contributed by atoms with Crippen LogP contribution in [0.15, 0.2) is 36.4 Å². The van der Waals surface area contributed by atoms with Crippen LogP contribution >= 0.6 is 0 Å². The standard InChI is InChI=1S/C24H28O2/c1-13-7-15(3-5-23(13)25)17-9-20-18-11-19(22(12-18)21(20)10-17)16-4-6-24(26)14(2)8-16/h3-8,17-22,25-26H,9-12H2,1-2H3. The minimum Gasteiger partial charge on any atom is -0.508 e. The molecule has 6 unspecified atom stereocenters. The van der Waals surface area contributed by atoms with Gasteiger partial charge in [-0.25, -0.2) is 0 Å². The van der Waals surface area contributed by atoms with Crippen molar-refractivity contribution in [3.63, 3.8) is 0 Å². The van der Waals surface area contributed by atoms with Crippen molar-refractivity contribution in [1.82, 2.24) is 0 Å². The molecule has 0 amide bonds. The van der Waals surface area contributed by atoms with Gasteiger partial charge in [0.15, 0.2) is 0 Å². The highest BCUT2D eigenvalue weighted by Crippen LogP contribution is 2.66. The summed E-state index contributed by atoms with van der Waals surface area (Å²) in [5.41, 5.74) is 4.87. The van der Waals surface area contributed by atoms with Gasteiger partial charge in [0, 0.05) is 0 Å². The summed E-state index contributed by atoms with van der Waals surface area (Å²) in [7, 11) is 0. The van der Waals surface area contributed by atoms with Crippen molar-refractivity contribution in [3.05, 3.63) is 58.7 Å². The first kappa shape index (κ1) is 16.2. The van der Waals surface area contributed by atoms with E-state index in [1.54, 1.807) is 0 Å². The summed E-state index contributed by atoms with van der Waals surface area (Å²) in [6, 6.07) is 12.4. The number of benzene rings is 2. The largest absolute Gasteiger partial charge is 0.508 e. The zero-order valence-corrected chi connectivity index (χ0v) is 15.7. The van der Waals surface area contributed by atoms with Crippen LogP contribution in [0.25, 0.3) is 0 Å². The molecule has 26 heavy (non-hydrogen) atoms. The summed E-state index contributed by atoms with van der Waals surface area (Å²) in [4.78, 5) is 0. The summed E-state index contributed by atoms with van der Waals surface area (Å²) in [5, 5.41) is 19.7. The van der Waals surface area contributed by atoms with Gasteiger partial charge in [0.25, 0.3) is 0 Å². The van der Waals surface area contributed by atoms with Crippen LogP contribution < -0.4 is 0 Å². The van der Waals surface area contributed by atoms with Gasteiger partial charge >= 0.3 is 0 Å². The Morgan fingerprint density at radius 3 is 2.00 bits per heavy atom. The van der Waals surface area contributed by atoms with Gasteiger partial charge in [-0.1, -0.05) is 24.3 Å². The van der Waals surface area contributed by atoms with Crippen LogP contribution in [0.5, 0.6) is 11.5 Å². The Kier molecular flexibility index (Phi) is 3.60. The highest BCUT2D eigenvalue weighted by Gasteiger charge is 2.56. The number of aryl methyl sites for hydroxylation is 2. The average molecular weight is 348 g/mol. The number of phenolic OH excluding ortho intramolecular Hbond substituents is 2. The van der Waals surface area contributed by atoms with E-state index in [0.29, 0.717) is 23.3 Å². The quantitative estimate of drug-likeness (QED) is 0.736. The predicted octanol–water partition coefficient (Wildman–Crippen LogP) is 5.65. The van der Waals surface area contributed by atoms with Crippen LogP contribution in [0.4, 0.5) is 0 Å². The van der Waals surface area contributed by atoms with E-state index >= 15 is 0 Å². The van der Waals surface area contributed by atoms with Gasteiger partial charge in [-0.3, -0.25) is 0 Å². The van der Waals surface area contributed by atoms with Crippen LogP contribution in [0, 0.1) is 37.5 Å². The molecule has 0 spiro atoms. The average Bonchev–Trinajstić information content (AvgIpc) is 3.30. The van der Waals surface area contributed by atoms with Crippen molar-refractivity contribution in [1.29, 1.82) is 0 Å².